The molecule has 1 saturated heterocycles. The van der Waals surface area contributed by atoms with Crippen LogP contribution in [0.5, 0.6) is 0 Å². The molecule has 1 aliphatic heterocycles. The minimum Gasteiger partial charge on any atom is -0.337 e. The predicted molar refractivity (Wildman–Crippen MR) is 89.9 cm³/mol. The number of nitrogens with zero attached hydrogens (tertiary/aromatic N) is 2. The van der Waals surface area contributed by atoms with Gasteiger partial charge in [-0.1, -0.05) is 36.8 Å². The van der Waals surface area contributed by atoms with E-state index in [-0.39, 0.29) is 11.8 Å². The van der Waals surface area contributed by atoms with Crippen LogP contribution in [-0.4, -0.2) is 46.8 Å². The number of carbonyl (C=O) groups is 1. The Kier molecular flexibility index (Phi) is 5.37. The smallest absolute Gasteiger partial charge is 0.237 e. The second kappa shape index (κ2) is 7.47. The van der Waals surface area contributed by atoms with Gasteiger partial charge in [0.2, 0.25) is 5.91 Å². The number of alkyl halides is 1. The van der Waals surface area contributed by atoms with E-state index in [4.69, 9.17) is 11.6 Å². The van der Waals surface area contributed by atoms with E-state index in [0.717, 1.165) is 32.5 Å². The summed E-state index contributed by atoms with van der Waals surface area (Å²) in [5, 5.41) is 0. The Bertz CT molecular complexity index is 489. The van der Waals surface area contributed by atoms with Crippen molar-refractivity contribution in [1.29, 1.82) is 0 Å². The molecule has 3 nitrogen and oxygen atoms in total. The van der Waals surface area contributed by atoms with Crippen LogP contribution in [0.25, 0.3) is 0 Å². The molecule has 1 heterocycles. The van der Waals surface area contributed by atoms with Gasteiger partial charge in [0.05, 0.1) is 0 Å². The van der Waals surface area contributed by atoms with Crippen molar-refractivity contribution in [2.24, 2.45) is 0 Å². The molecule has 1 aliphatic carbocycles. The third kappa shape index (κ3) is 4.02. The zero-order chi connectivity index (χ0) is 15.4. The van der Waals surface area contributed by atoms with Crippen molar-refractivity contribution in [3.8, 4) is 0 Å². The van der Waals surface area contributed by atoms with Gasteiger partial charge in [-0.3, -0.25) is 9.69 Å². The van der Waals surface area contributed by atoms with Crippen LogP contribution in [0.3, 0.4) is 0 Å². The maximum Gasteiger partial charge on any atom is 0.237 e. The van der Waals surface area contributed by atoms with Crippen molar-refractivity contribution in [2.75, 3.05) is 19.0 Å². The lowest BCUT2D eigenvalue weighted by Crippen LogP contribution is -2.49. The predicted octanol–water partition coefficient (Wildman–Crippen LogP) is 3.27. The zero-order valence-corrected chi connectivity index (χ0v) is 13.8. The second-order valence-corrected chi connectivity index (χ2v) is 6.78. The summed E-state index contributed by atoms with van der Waals surface area (Å²) in [6.45, 7) is 2.97. The molecule has 22 heavy (non-hydrogen) atoms. The van der Waals surface area contributed by atoms with Gasteiger partial charge in [-0.2, -0.15) is 0 Å². The number of hydrogen-bond donors (Lipinski definition) is 0. The van der Waals surface area contributed by atoms with Crippen molar-refractivity contribution < 1.29 is 4.79 Å². The Morgan fingerprint density at radius 1 is 1.18 bits per heavy atom. The van der Waals surface area contributed by atoms with E-state index in [0.29, 0.717) is 12.1 Å². The SMILES string of the molecule is O=C(CCl)N(C[C@@H]1CCCCN1Cc1ccccc1)C1CC1. The van der Waals surface area contributed by atoms with Gasteiger partial charge in [-0.25, -0.2) is 0 Å². The third-order valence-electron chi connectivity index (χ3n) is 4.81. The fraction of sp³-hybridized carbons (Fsp3) is 0.611. The van der Waals surface area contributed by atoms with Crippen molar-refractivity contribution in [2.45, 2.75) is 50.7 Å². The molecule has 1 atom stereocenters. The summed E-state index contributed by atoms with van der Waals surface area (Å²) in [6, 6.07) is 11.6. The lowest BCUT2D eigenvalue weighted by molar-refractivity contribution is -0.130. The first-order chi connectivity index (χ1) is 10.8. The van der Waals surface area contributed by atoms with Crippen molar-refractivity contribution in [3.05, 3.63) is 35.9 Å². The molecule has 0 aromatic heterocycles. The molecule has 1 amide bonds. The molecule has 1 saturated carbocycles. The monoisotopic (exact) mass is 320 g/mol. The van der Waals surface area contributed by atoms with Crippen LogP contribution in [0.4, 0.5) is 0 Å². The molecule has 3 rings (SSSR count). The molecule has 0 spiro atoms. The molecule has 4 heteroatoms. The maximum atomic E-state index is 12.1. The molecule has 0 unspecified atom stereocenters. The largest absolute Gasteiger partial charge is 0.337 e. The number of rotatable bonds is 6. The van der Waals surface area contributed by atoms with E-state index in [9.17, 15) is 4.79 Å². The lowest BCUT2D eigenvalue weighted by atomic mass is 10.0. The number of piperidine rings is 1. The normalized spacial score (nSPS) is 22.5. The fourth-order valence-electron chi connectivity index (χ4n) is 3.44. The van der Waals surface area contributed by atoms with Crippen LogP contribution in [0.2, 0.25) is 0 Å². The highest BCUT2D eigenvalue weighted by molar-refractivity contribution is 6.27. The first-order valence-electron chi connectivity index (χ1n) is 8.41. The second-order valence-electron chi connectivity index (χ2n) is 6.52. The minimum absolute atomic E-state index is 0.106. The number of benzene rings is 1. The van der Waals surface area contributed by atoms with E-state index in [2.05, 4.69) is 35.2 Å². The van der Waals surface area contributed by atoms with Crippen LogP contribution in [0.15, 0.2) is 30.3 Å². The van der Waals surface area contributed by atoms with E-state index >= 15 is 0 Å². The summed E-state index contributed by atoms with van der Waals surface area (Å²) in [6.07, 6.45) is 6.01. The van der Waals surface area contributed by atoms with Crippen molar-refractivity contribution >= 4 is 17.5 Å². The summed E-state index contributed by atoms with van der Waals surface area (Å²) in [7, 11) is 0. The van der Waals surface area contributed by atoms with Crippen molar-refractivity contribution in [3.63, 3.8) is 0 Å². The summed E-state index contributed by atoms with van der Waals surface area (Å²) in [5.41, 5.74) is 1.36. The molecule has 120 valence electrons. The molecule has 0 bridgehead atoms. The minimum atomic E-state index is 0.106. The van der Waals surface area contributed by atoms with E-state index < -0.39 is 0 Å². The Morgan fingerprint density at radius 3 is 2.64 bits per heavy atom. The van der Waals surface area contributed by atoms with Gasteiger partial charge in [0.15, 0.2) is 0 Å². The highest BCUT2D eigenvalue weighted by atomic mass is 35.5. The number of likely N-dealkylation sites (tertiary alicyclic amines) is 1. The van der Waals surface area contributed by atoms with E-state index in [1.54, 1.807) is 0 Å². The number of hydrogen-bond acceptors (Lipinski definition) is 2. The van der Waals surface area contributed by atoms with Crippen LogP contribution >= 0.6 is 11.6 Å². The van der Waals surface area contributed by atoms with Crippen LogP contribution < -0.4 is 0 Å². The van der Waals surface area contributed by atoms with Gasteiger partial charge in [0.25, 0.3) is 0 Å². The summed E-state index contributed by atoms with van der Waals surface area (Å²) < 4.78 is 0. The van der Waals surface area contributed by atoms with Gasteiger partial charge in [0, 0.05) is 25.2 Å². The standard InChI is InChI=1S/C18H25ClN2O/c19-12-18(22)21(16-9-10-16)14-17-8-4-5-11-20(17)13-15-6-2-1-3-7-15/h1-3,6-7,16-17H,4-5,8-14H2/t17-/m0/s1. The third-order valence-corrected chi connectivity index (χ3v) is 5.04. The Hall–Kier alpha value is -1.06. The summed E-state index contributed by atoms with van der Waals surface area (Å²) in [5.74, 6) is 0.219. The first kappa shape index (κ1) is 15.8. The number of carbonyl (C=O) groups excluding carboxylic acids is 1. The molecule has 1 aromatic carbocycles. The summed E-state index contributed by atoms with van der Waals surface area (Å²) in [4.78, 5) is 16.7. The quantitative estimate of drug-likeness (QED) is 0.751. The summed E-state index contributed by atoms with van der Waals surface area (Å²) >= 11 is 5.80. The topological polar surface area (TPSA) is 23.6 Å². The maximum absolute atomic E-state index is 12.1. The molecule has 2 aliphatic rings. The number of amides is 1. The molecule has 0 radical (unpaired) electrons. The van der Waals surface area contributed by atoms with Crippen molar-refractivity contribution in [1.82, 2.24) is 9.80 Å². The first-order valence-corrected chi connectivity index (χ1v) is 8.95. The molecular weight excluding hydrogens is 296 g/mol. The Balaban J connectivity index is 1.65. The van der Waals surface area contributed by atoms with Gasteiger partial charge in [-0.05, 0) is 37.8 Å². The average molecular weight is 321 g/mol. The van der Waals surface area contributed by atoms with Crippen LogP contribution in [0, 0.1) is 0 Å². The Labute approximate surface area is 138 Å². The van der Waals surface area contributed by atoms with Gasteiger partial charge in [-0.15, -0.1) is 11.6 Å². The fourth-order valence-corrected chi connectivity index (χ4v) is 3.59. The molecule has 2 fully saturated rings. The van der Waals surface area contributed by atoms with Crippen LogP contribution in [-0.2, 0) is 11.3 Å². The molecule has 0 N–H and O–H groups in total. The lowest BCUT2D eigenvalue weighted by Gasteiger charge is -2.39. The van der Waals surface area contributed by atoms with E-state index in [1.807, 2.05) is 4.90 Å². The average Bonchev–Trinajstić information content (AvgIpc) is 3.39. The van der Waals surface area contributed by atoms with Gasteiger partial charge >= 0.3 is 0 Å². The molecular formula is C18H25ClN2O. The van der Waals surface area contributed by atoms with Crippen LogP contribution in [0.1, 0.15) is 37.7 Å². The van der Waals surface area contributed by atoms with Gasteiger partial charge < -0.3 is 4.90 Å². The number of halogens is 1. The zero-order valence-electron chi connectivity index (χ0n) is 13.1. The Morgan fingerprint density at radius 2 is 1.95 bits per heavy atom. The highest BCUT2D eigenvalue weighted by Gasteiger charge is 2.35. The van der Waals surface area contributed by atoms with E-state index in [1.165, 1.54) is 24.8 Å². The highest BCUT2D eigenvalue weighted by Crippen LogP contribution is 2.29. The van der Waals surface area contributed by atoms with Gasteiger partial charge in [0.1, 0.15) is 5.88 Å². The molecule has 1 aromatic rings.